The molecule has 59 valence electrons. The molecule has 0 amide bonds. The standard InChI is InChI=1S/C9H17O/c1-8(10-2)9-6-4-3-5-7-9/h8-9H,2-7H2,1H3. The van der Waals surface area contributed by atoms with Gasteiger partial charge in [0, 0.05) is 0 Å². The molecular weight excluding hydrogens is 124 g/mol. The summed E-state index contributed by atoms with van der Waals surface area (Å²) in [6, 6.07) is 0. The van der Waals surface area contributed by atoms with E-state index in [4.69, 9.17) is 4.74 Å². The average molecular weight is 141 g/mol. The highest BCUT2D eigenvalue weighted by atomic mass is 16.5. The second-order valence-corrected chi connectivity index (χ2v) is 3.27. The molecule has 1 fully saturated rings. The van der Waals surface area contributed by atoms with Crippen LogP contribution in [0.5, 0.6) is 0 Å². The quantitative estimate of drug-likeness (QED) is 0.574. The average Bonchev–Trinajstić information content (AvgIpc) is 2.05. The Balaban J connectivity index is 2.24. The van der Waals surface area contributed by atoms with Crippen LogP contribution in [0.15, 0.2) is 0 Å². The number of rotatable bonds is 2. The van der Waals surface area contributed by atoms with Gasteiger partial charge < -0.3 is 4.74 Å². The van der Waals surface area contributed by atoms with Crippen LogP contribution in [0.4, 0.5) is 0 Å². The van der Waals surface area contributed by atoms with Gasteiger partial charge in [0.05, 0.1) is 13.2 Å². The molecule has 0 bridgehead atoms. The maximum absolute atomic E-state index is 5.04. The van der Waals surface area contributed by atoms with Gasteiger partial charge in [-0.2, -0.15) is 0 Å². The third kappa shape index (κ3) is 1.98. The van der Waals surface area contributed by atoms with Crippen LogP contribution in [0.2, 0.25) is 0 Å². The highest BCUT2D eigenvalue weighted by Crippen LogP contribution is 2.27. The minimum Gasteiger partial charge on any atom is -0.376 e. The van der Waals surface area contributed by atoms with Crippen molar-refractivity contribution in [3.05, 3.63) is 7.11 Å². The lowest BCUT2D eigenvalue weighted by Gasteiger charge is -2.26. The second-order valence-electron chi connectivity index (χ2n) is 3.27. The number of hydrogen-bond donors (Lipinski definition) is 0. The molecule has 1 atom stereocenters. The third-order valence-electron chi connectivity index (χ3n) is 2.58. The summed E-state index contributed by atoms with van der Waals surface area (Å²) in [6.45, 7) is 2.13. The molecule has 10 heavy (non-hydrogen) atoms. The predicted molar refractivity (Wildman–Crippen MR) is 42.5 cm³/mol. The van der Waals surface area contributed by atoms with E-state index in [0.717, 1.165) is 5.92 Å². The Hall–Kier alpha value is -0.0400. The third-order valence-corrected chi connectivity index (χ3v) is 2.58. The molecule has 1 saturated carbocycles. The van der Waals surface area contributed by atoms with Crippen LogP contribution in [0.1, 0.15) is 39.0 Å². The van der Waals surface area contributed by atoms with E-state index in [0.29, 0.717) is 6.10 Å². The summed E-state index contributed by atoms with van der Waals surface area (Å²) in [6.07, 6.45) is 7.25. The fourth-order valence-electron chi connectivity index (χ4n) is 1.74. The zero-order valence-electron chi connectivity index (χ0n) is 6.81. The lowest BCUT2D eigenvalue weighted by molar-refractivity contribution is 0.0768. The van der Waals surface area contributed by atoms with E-state index in [1.807, 2.05) is 0 Å². The van der Waals surface area contributed by atoms with Gasteiger partial charge in [0.25, 0.3) is 0 Å². The second kappa shape index (κ2) is 3.97. The smallest absolute Gasteiger partial charge is 0.0704 e. The molecule has 1 aliphatic rings. The van der Waals surface area contributed by atoms with E-state index in [1.54, 1.807) is 0 Å². The van der Waals surface area contributed by atoms with E-state index in [-0.39, 0.29) is 0 Å². The van der Waals surface area contributed by atoms with Gasteiger partial charge >= 0.3 is 0 Å². The fraction of sp³-hybridized carbons (Fsp3) is 0.889. The van der Waals surface area contributed by atoms with Crippen molar-refractivity contribution in [2.75, 3.05) is 0 Å². The van der Waals surface area contributed by atoms with E-state index in [1.165, 1.54) is 32.1 Å². The number of ether oxygens (including phenoxy) is 1. The fourth-order valence-corrected chi connectivity index (χ4v) is 1.74. The van der Waals surface area contributed by atoms with Crippen LogP contribution in [0.3, 0.4) is 0 Å². The van der Waals surface area contributed by atoms with Crippen molar-refractivity contribution in [2.24, 2.45) is 5.92 Å². The van der Waals surface area contributed by atoms with Gasteiger partial charge in [0.15, 0.2) is 0 Å². The summed E-state index contributed by atoms with van der Waals surface area (Å²) >= 11 is 0. The Kier molecular flexibility index (Phi) is 3.20. The van der Waals surface area contributed by atoms with E-state index >= 15 is 0 Å². The normalized spacial score (nSPS) is 24.6. The topological polar surface area (TPSA) is 9.23 Å². The molecule has 0 aromatic heterocycles. The summed E-state index contributed by atoms with van der Waals surface area (Å²) < 4.78 is 5.04. The van der Waals surface area contributed by atoms with Crippen molar-refractivity contribution in [3.63, 3.8) is 0 Å². The van der Waals surface area contributed by atoms with Crippen LogP contribution in [0, 0.1) is 13.0 Å². The first kappa shape index (κ1) is 8.06. The van der Waals surface area contributed by atoms with Gasteiger partial charge in [-0.1, -0.05) is 19.3 Å². The van der Waals surface area contributed by atoms with Crippen LogP contribution < -0.4 is 0 Å². The first-order chi connectivity index (χ1) is 4.84. The van der Waals surface area contributed by atoms with Crippen LogP contribution >= 0.6 is 0 Å². The largest absolute Gasteiger partial charge is 0.376 e. The Morgan fingerprint density at radius 2 is 1.90 bits per heavy atom. The summed E-state index contributed by atoms with van der Waals surface area (Å²) in [4.78, 5) is 0. The monoisotopic (exact) mass is 141 g/mol. The van der Waals surface area contributed by atoms with Gasteiger partial charge in [0.2, 0.25) is 0 Å². The molecule has 1 unspecified atom stereocenters. The van der Waals surface area contributed by atoms with E-state index < -0.39 is 0 Å². The summed E-state index contributed by atoms with van der Waals surface area (Å²) in [5, 5.41) is 0. The minimum atomic E-state index is 0.375. The zero-order chi connectivity index (χ0) is 7.40. The molecule has 0 N–H and O–H groups in total. The molecule has 0 spiro atoms. The molecular formula is C9H17O. The summed E-state index contributed by atoms with van der Waals surface area (Å²) in [5.41, 5.74) is 0. The molecule has 1 aliphatic carbocycles. The van der Waals surface area contributed by atoms with Crippen molar-refractivity contribution in [1.29, 1.82) is 0 Å². The Labute approximate surface area is 63.8 Å². The number of hydrogen-bond acceptors (Lipinski definition) is 1. The first-order valence-electron chi connectivity index (χ1n) is 4.25. The molecule has 0 saturated heterocycles. The van der Waals surface area contributed by atoms with Crippen LogP contribution in [0.25, 0.3) is 0 Å². The van der Waals surface area contributed by atoms with Crippen molar-refractivity contribution in [2.45, 2.75) is 45.1 Å². The summed E-state index contributed by atoms with van der Waals surface area (Å²) in [7, 11) is 3.46. The molecule has 0 aromatic carbocycles. The lowest BCUT2D eigenvalue weighted by atomic mass is 9.86. The molecule has 0 aromatic rings. The zero-order valence-corrected chi connectivity index (χ0v) is 6.81. The molecule has 0 aliphatic heterocycles. The Bertz CT molecular complexity index is 84.7. The van der Waals surface area contributed by atoms with Crippen molar-refractivity contribution in [1.82, 2.24) is 0 Å². The minimum absolute atomic E-state index is 0.375. The summed E-state index contributed by atoms with van der Waals surface area (Å²) in [5.74, 6) is 0.784. The van der Waals surface area contributed by atoms with E-state index in [2.05, 4.69) is 14.0 Å². The molecule has 1 rings (SSSR count). The Morgan fingerprint density at radius 3 is 2.40 bits per heavy atom. The molecule has 1 nitrogen and oxygen atoms in total. The predicted octanol–water partition coefficient (Wildman–Crippen LogP) is 2.76. The van der Waals surface area contributed by atoms with Crippen molar-refractivity contribution < 1.29 is 4.74 Å². The van der Waals surface area contributed by atoms with Crippen molar-refractivity contribution in [3.8, 4) is 0 Å². The SMILES string of the molecule is [CH2]OC(C)C1CCCCC1. The maximum atomic E-state index is 5.04. The lowest BCUT2D eigenvalue weighted by Crippen LogP contribution is -2.20. The highest BCUT2D eigenvalue weighted by molar-refractivity contribution is 4.70. The van der Waals surface area contributed by atoms with Crippen LogP contribution in [-0.4, -0.2) is 6.10 Å². The van der Waals surface area contributed by atoms with Crippen molar-refractivity contribution >= 4 is 0 Å². The van der Waals surface area contributed by atoms with E-state index in [9.17, 15) is 0 Å². The maximum Gasteiger partial charge on any atom is 0.0704 e. The first-order valence-corrected chi connectivity index (χ1v) is 4.25. The molecule has 0 heterocycles. The van der Waals surface area contributed by atoms with Gasteiger partial charge in [-0.25, -0.2) is 0 Å². The van der Waals surface area contributed by atoms with Crippen LogP contribution in [-0.2, 0) is 4.74 Å². The molecule has 1 radical (unpaired) electrons. The van der Waals surface area contributed by atoms with Gasteiger partial charge in [-0.15, -0.1) is 0 Å². The Morgan fingerprint density at radius 1 is 1.30 bits per heavy atom. The molecule has 1 heteroatoms. The van der Waals surface area contributed by atoms with Gasteiger partial charge in [-0.3, -0.25) is 0 Å². The van der Waals surface area contributed by atoms with Gasteiger partial charge in [0.1, 0.15) is 0 Å². The van der Waals surface area contributed by atoms with Gasteiger partial charge in [-0.05, 0) is 25.7 Å². The highest BCUT2D eigenvalue weighted by Gasteiger charge is 2.18.